The van der Waals surface area contributed by atoms with E-state index in [2.05, 4.69) is 9.71 Å². The van der Waals surface area contributed by atoms with Gasteiger partial charge in [0.1, 0.15) is 11.6 Å². The molecule has 0 radical (unpaired) electrons. The molecule has 0 aliphatic carbocycles. The van der Waals surface area contributed by atoms with Crippen molar-refractivity contribution in [2.75, 3.05) is 0 Å². The third kappa shape index (κ3) is 4.55. The number of nitrogens with zero attached hydrogens (tertiary/aromatic N) is 1. The molecular formula is C13H14F2N2O2S2. The van der Waals surface area contributed by atoms with Crippen molar-refractivity contribution in [3.63, 3.8) is 0 Å². The molecular weight excluding hydrogens is 318 g/mol. The summed E-state index contributed by atoms with van der Waals surface area (Å²) in [5.41, 5.74) is 0.842. The van der Waals surface area contributed by atoms with Crippen LogP contribution in [0.25, 0.3) is 0 Å². The van der Waals surface area contributed by atoms with Gasteiger partial charge in [-0.2, -0.15) is 0 Å². The number of hydrogen-bond donors (Lipinski definition) is 1. The minimum atomic E-state index is -3.68. The van der Waals surface area contributed by atoms with Crippen LogP contribution in [0, 0.1) is 25.5 Å². The Balaban J connectivity index is 2.06. The highest BCUT2D eigenvalue weighted by atomic mass is 32.2. The first-order chi connectivity index (χ1) is 9.75. The van der Waals surface area contributed by atoms with Crippen LogP contribution < -0.4 is 4.72 Å². The van der Waals surface area contributed by atoms with Crippen LogP contribution in [-0.4, -0.2) is 13.4 Å². The van der Waals surface area contributed by atoms with Gasteiger partial charge in [-0.15, -0.1) is 11.3 Å². The third-order valence-corrected chi connectivity index (χ3v) is 5.10. The first kappa shape index (κ1) is 16.0. The van der Waals surface area contributed by atoms with E-state index < -0.39 is 27.4 Å². The summed E-state index contributed by atoms with van der Waals surface area (Å²) in [6.07, 6.45) is 0. The molecule has 0 aliphatic heterocycles. The van der Waals surface area contributed by atoms with Crippen molar-refractivity contribution in [3.05, 3.63) is 51.0 Å². The highest BCUT2D eigenvalue weighted by Crippen LogP contribution is 2.17. The van der Waals surface area contributed by atoms with Crippen molar-refractivity contribution in [1.29, 1.82) is 0 Å². The Bertz CT molecular complexity index is 737. The van der Waals surface area contributed by atoms with Gasteiger partial charge in [-0.05, 0) is 31.5 Å². The van der Waals surface area contributed by atoms with Crippen LogP contribution in [0.15, 0.2) is 18.2 Å². The number of nitrogens with one attached hydrogen (secondary N) is 1. The first-order valence-corrected chi connectivity index (χ1v) is 8.57. The number of sulfonamides is 1. The lowest BCUT2D eigenvalue weighted by Gasteiger charge is -2.06. The standard InChI is InChI=1S/C13H14F2N2O2S2/c1-8-13(20-9(2)17-8)6-16-21(18,19)7-10-3-11(14)5-12(15)4-10/h3-5,16H,6-7H2,1-2H3. The van der Waals surface area contributed by atoms with E-state index in [0.29, 0.717) is 6.07 Å². The Morgan fingerprint density at radius 1 is 1.19 bits per heavy atom. The van der Waals surface area contributed by atoms with Gasteiger partial charge in [0.2, 0.25) is 10.0 Å². The van der Waals surface area contributed by atoms with E-state index in [-0.39, 0.29) is 12.1 Å². The summed E-state index contributed by atoms with van der Waals surface area (Å²) in [5, 5.41) is 0.855. The molecule has 1 aromatic carbocycles. The molecule has 2 aromatic rings. The van der Waals surface area contributed by atoms with Gasteiger partial charge in [0, 0.05) is 17.5 Å². The number of benzene rings is 1. The molecule has 114 valence electrons. The second-order valence-corrected chi connectivity index (χ2v) is 7.69. The molecule has 1 aromatic heterocycles. The van der Waals surface area contributed by atoms with Crippen molar-refractivity contribution in [2.24, 2.45) is 0 Å². The molecule has 0 fully saturated rings. The van der Waals surface area contributed by atoms with Crippen molar-refractivity contribution in [3.8, 4) is 0 Å². The predicted octanol–water partition coefficient (Wildman–Crippen LogP) is 2.66. The van der Waals surface area contributed by atoms with Gasteiger partial charge in [0.15, 0.2) is 0 Å². The summed E-state index contributed by atoms with van der Waals surface area (Å²) < 4.78 is 52.4. The summed E-state index contributed by atoms with van der Waals surface area (Å²) in [6.45, 7) is 3.76. The van der Waals surface area contributed by atoms with E-state index in [1.165, 1.54) is 11.3 Å². The zero-order valence-corrected chi connectivity index (χ0v) is 13.1. The third-order valence-electron chi connectivity index (χ3n) is 2.73. The van der Waals surface area contributed by atoms with E-state index in [1.54, 1.807) is 6.92 Å². The quantitative estimate of drug-likeness (QED) is 0.916. The molecule has 1 heterocycles. The van der Waals surface area contributed by atoms with Crippen molar-refractivity contribution in [1.82, 2.24) is 9.71 Å². The molecule has 2 rings (SSSR count). The molecule has 0 amide bonds. The maximum atomic E-state index is 13.0. The number of aryl methyl sites for hydroxylation is 2. The second kappa shape index (κ2) is 6.17. The number of halogens is 2. The zero-order valence-electron chi connectivity index (χ0n) is 11.5. The largest absolute Gasteiger partial charge is 0.247 e. The van der Waals surface area contributed by atoms with Crippen LogP contribution in [0.5, 0.6) is 0 Å². The van der Waals surface area contributed by atoms with Gasteiger partial charge in [-0.1, -0.05) is 0 Å². The molecule has 1 N–H and O–H groups in total. The van der Waals surface area contributed by atoms with Gasteiger partial charge >= 0.3 is 0 Å². The molecule has 0 saturated carbocycles. The minimum Gasteiger partial charge on any atom is -0.247 e. The minimum absolute atomic E-state index is 0.0669. The van der Waals surface area contributed by atoms with Gasteiger partial charge in [-0.3, -0.25) is 0 Å². The average Bonchev–Trinajstić information content (AvgIpc) is 2.63. The molecule has 0 atom stereocenters. The lowest BCUT2D eigenvalue weighted by molar-refractivity contribution is 0.574. The van der Waals surface area contributed by atoms with Crippen LogP contribution in [0.2, 0.25) is 0 Å². The highest BCUT2D eigenvalue weighted by molar-refractivity contribution is 7.88. The highest BCUT2D eigenvalue weighted by Gasteiger charge is 2.14. The van der Waals surface area contributed by atoms with E-state index in [9.17, 15) is 17.2 Å². The molecule has 21 heavy (non-hydrogen) atoms. The fourth-order valence-corrected chi connectivity index (χ4v) is 3.92. The van der Waals surface area contributed by atoms with Gasteiger partial charge in [-0.25, -0.2) is 26.9 Å². The number of aromatic nitrogens is 1. The lowest BCUT2D eigenvalue weighted by Crippen LogP contribution is -2.24. The summed E-state index contributed by atoms with van der Waals surface area (Å²) >= 11 is 1.41. The van der Waals surface area contributed by atoms with Gasteiger partial charge in [0.25, 0.3) is 0 Å². The van der Waals surface area contributed by atoms with Crippen LogP contribution in [0.3, 0.4) is 0 Å². The zero-order chi connectivity index (χ0) is 15.6. The smallest absolute Gasteiger partial charge is 0.216 e. The molecule has 4 nitrogen and oxygen atoms in total. The number of rotatable bonds is 5. The summed E-state index contributed by atoms with van der Waals surface area (Å²) in [7, 11) is -3.68. The Kier molecular flexibility index (Phi) is 4.70. The van der Waals surface area contributed by atoms with Crippen LogP contribution in [0.1, 0.15) is 21.1 Å². The van der Waals surface area contributed by atoms with Crippen LogP contribution in [0.4, 0.5) is 8.78 Å². The summed E-state index contributed by atoms with van der Waals surface area (Å²) in [6, 6.07) is 2.71. The topological polar surface area (TPSA) is 59.1 Å². The van der Waals surface area contributed by atoms with E-state index in [4.69, 9.17) is 0 Å². The Morgan fingerprint density at radius 3 is 2.33 bits per heavy atom. The van der Waals surface area contributed by atoms with Crippen molar-refractivity contribution in [2.45, 2.75) is 26.1 Å². The summed E-state index contributed by atoms with van der Waals surface area (Å²) in [4.78, 5) is 5.02. The maximum Gasteiger partial charge on any atom is 0.216 e. The van der Waals surface area contributed by atoms with E-state index in [0.717, 1.165) is 27.7 Å². The molecule has 0 saturated heterocycles. The molecule has 8 heteroatoms. The van der Waals surface area contributed by atoms with Gasteiger partial charge in [0.05, 0.1) is 16.5 Å². The average molecular weight is 332 g/mol. The molecule has 0 unspecified atom stereocenters. The maximum absolute atomic E-state index is 13.0. The molecule has 0 bridgehead atoms. The first-order valence-electron chi connectivity index (χ1n) is 6.10. The second-order valence-electron chi connectivity index (χ2n) is 4.60. The van der Waals surface area contributed by atoms with E-state index in [1.807, 2.05) is 6.92 Å². The fourth-order valence-electron chi connectivity index (χ4n) is 1.88. The van der Waals surface area contributed by atoms with Crippen LogP contribution in [-0.2, 0) is 22.3 Å². The van der Waals surface area contributed by atoms with Crippen LogP contribution >= 0.6 is 11.3 Å². The SMILES string of the molecule is Cc1nc(C)c(CNS(=O)(=O)Cc2cc(F)cc(F)c2)s1. The lowest BCUT2D eigenvalue weighted by atomic mass is 10.2. The van der Waals surface area contributed by atoms with E-state index >= 15 is 0 Å². The monoisotopic (exact) mass is 332 g/mol. The number of thiazole rings is 1. The van der Waals surface area contributed by atoms with Gasteiger partial charge < -0.3 is 0 Å². The Morgan fingerprint density at radius 2 is 1.81 bits per heavy atom. The normalized spacial score (nSPS) is 11.8. The Labute approximate surface area is 125 Å². The fraction of sp³-hybridized carbons (Fsp3) is 0.308. The van der Waals surface area contributed by atoms with Crippen molar-refractivity contribution >= 4 is 21.4 Å². The summed E-state index contributed by atoms with van der Waals surface area (Å²) in [5.74, 6) is -2.07. The number of hydrogen-bond acceptors (Lipinski definition) is 4. The Hall–Kier alpha value is -1.38. The van der Waals surface area contributed by atoms with Crippen molar-refractivity contribution < 1.29 is 17.2 Å². The molecule has 0 aliphatic rings. The predicted molar refractivity (Wildman–Crippen MR) is 77.4 cm³/mol. The molecule has 0 spiro atoms.